The molecule has 1 saturated carbocycles. The van der Waals surface area contributed by atoms with Gasteiger partial charge in [0.1, 0.15) is 22.7 Å². The van der Waals surface area contributed by atoms with E-state index in [1.165, 1.54) is 38.5 Å². The summed E-state index contributed by atoms with van der Waals surface area (Å²) in [7, 11) is 0. The first kappa shape index (κ1) is 17.8. The van der Waals surface area contributed by atoms with Crippen LogP contribution in [0.2, 0.25) is 0 Å². The van der Waals surface area contributed by atoms with Gasteiger partial charge in [-0.25, -0.2) is 4.98 Å². The van der Waals surface area contributed by atoms with Crippen LogP contribution in [0.3, 0.4) is 0 Å². The van der Waals surface area contributed by atoms with Crippen LogP contribution in [-0.4, -0.2) is 20.2 Å². The van der Waals surface area contributed by atoms with E-state index in [2.05, 4.69) is 20.2 Å². The normalized spacial score (nSPS) is 15.0. The molecule has 0 unspecified atom stereocenters. The molecule has 0 spiro atoms. The van der Waals surface area contributed by atoms with Crippen LogP contribution < -0.4 is 4.74 Å². The zero-order chi connectivity index (χ0) is 19.5. The summed E-state index contributed by atoms with van der Waals surface area (Å²) < 4.78 is 17.1. The smallest absolute Gasteiger partial charge is 0.266 e. The number of fused-ring (bicyclic) bond motifs is 1. The molecule has 7 nitrogen and oxygen atoms in total. The summed E-state index contributed by atoms with van der Waals surface area (Å²) in [6.45, 7) is 0. The number of hydrogen-bond acceptors (Lipinski definition) is 7. The minimum absolute atomic E-state index is 0.351. The Morgan fingerprint density at radius 2 is 1.93 bits per heavy atom. The summed E-state index contributed by atoms with van der Waals surface area (Å²) in [4.78, 5) is 8.86. The number of aryl methyl sites for hydroxylation is 1. The van der Waals surface area contributed by atoms with Crippen molar-refractivity contribution in [1.82, 2.24) is 20.2 Å². The average molecular weight is 390 g/mol. The van der Waals surface area contributed by atoms with Crippen LogP contribution in [0.15, 0.2) is 51.8 Å². The predicted octanol–water partition coefficient (Wildman–Crippen LogP) is 5.58. The summed E-state index contributed by atoms with van der Waals surface area (Å²) in [5.41, 5.74) is 2.16. The van der Waals surface area contributed by atoms with Crippen molar-refractivity contribution in [3.05, 3.63) is 48.8 Å². The van der Waals surface area contributed by atoms with Gasteiger partial charge in [-0.2, -0.15) is 0 Å². The zero-order valence-electron chi connectivity index (χ0n) is 16.1. The van der Waals surface area contributed by atoms with Crippen molar-refractivity contribution in [2.75, 3.05) is 0 Å². The van der Waals surface area contributed by atoms with E-state index in [1.54, 1.807) is 18.3 Å². The Kier molecular flexibility index (Phi) is 4.94. The molecule has 0 N–H and O–H groups in total. The van der Waals surface area contributed by atoms with Crippen LogP contribution in [0.5, 0.6) is 11.5 Å². The first-order valence-corrected chi connectivity index (χ1v) is 10.1. The number of oxazole rings is 1. The standard InChI is InChI=1S/C22H22N4O3/c1-2-4-15(5-3-1)6-9-21-25-18-8-7-16(13-20(18)29-21)28-17-10-11-23-19(12-17)22-26-24-14-27-22/h7-8,10-15H,1-6,9H2. The second-order valence-electron chi connectivity index (χ2n) is 7.50. The number of pyridine rings is 1. The molecule has 1 fully saturated rings. The van der Waals surface area contributed by atoms with Gasteiger partial charge in [-0.3, -0.25) is 4.98 Å². The van der Waals surface area contributed by atoms with Crippen molar-refractivity contribution in [3.8, 4) is 23.1 Å². The van der Waals surface area contributed by atoms with Crippen molar-refractivity contribution in [2.45, 2.75) is 44.9 Å². The zero-order valence-corrected chi connectivity index (χ0v) is 16.1. The summed E-state index contributed by atoms with van der Waals surface area (Å²) >= 11 is 0. The minimum atomic E-state index is 0.351. The number of aromatic nitrogens is 4. The Bertz CT molecular complexity index is 1080. The molecular weight excluding hydrogens is 368 g/mol. The van der Waals surface area contributed by atoms with Gasteiger partial charge in [0.05, 0.1) is 0 Å². The molecule has 4 aromatic rings. The lowest BCUT2D eigenvalue weighted by Gasteiger charge is -2.20. The van der Waals surface area contributed by atoms with Gasteiger partial charge < -0.3 is 13.6 Å². The van der Waals surface area contributed by atoms with Crippen LogP contribution in [0.1, 0.15) is 44.4 Å². The number of rotatable bonds is 6. The number of hydrogen-bond donors (Lipinski definition) is 0. The summed E-state index contributed by atoms with van der Waals surface area (Å²) in [6.07, 6.45) is 11.8. The molecule has 0 radical (unpaired) electrons. The fourth-order valence-electron chi connectivity index (χ4n) is 3.94. The molecule has 0 bridgehead atoms. The van der Waals surface area contributed by atoms with Gasteiger partial charge in [0.15, 0.2) is 11.5 Å². The van der Waals surface area contributed by atoms with E-state index in [0.29, 0.717) is 23.1 Å². The topological polar surface area (TPSA) is 87.1 Å². The van der Waals surface area contributed by atoms with Gasteiger partial charge >= 0.3 is 0 Å². The molecule has 1 aliphatic rings. The largest absolute Gasteiger partial charge is 0.457 e. The highest BCUT2D eigenvalue weighted by Gasteiger charge is 2.15. The van der Waals surface area contributed by atoms with Gasteiger partial charge in [-0.1, -0.05) is 32.1 Å². The maximum atomic E-state index is 5.98. The molecule has 0 saturated heterocycles. The van der Waals surface area contributed by atoms with Crippen LogP contribution in [-0.2, 0) is 6.42 Å². The van der Waals surface area contributed by atoms with Gasteiger partial charge in [-0.15, -0.1) is 10.2 Å². The van der Waals surface area contributed by atoms with Crippen LogP contribution in [0, 0.1) is 5.92 Å². The number of nitrogens with zero attached hydrogens (tertiary/aromatic N) is 4. The molecule has 0 aliphatic heterocycles. The predicted molar refractivity (Wildman–Crippen MR) is 107 cm³/mol. The van der Waals surface area contributed by atoms with E-state index < -0.39 is 0 Å². The molecule has 7 heteroatoms. The molecular formula is C22H22N4O3. The van der Waals surface area contributed by atoms with Gasteiger partial charge in [0.2, 0.25) is 6.39 Å². The molecule has 29 heavy (non-hydrogen) atoms. The van der Waals surface area contributed by atoms with Crippen LogP contribution >= 0.6 is 0 Å². The Balaban J connectivity index is 1.29. The summed E-state index contributed by atoms with van der Waals surface area (Å²) in [5, 5.41) is 7.55. The lowest BCUT2D eigenvalue weighted by molar-refractivity contribution is 0.330. The third kappa shape index (κ3) is 4.13. The van der Waals surface area contributed by atoms with Gasteiger partial charge in [-0.05, 0) is 30.5 Å². The van der Waals surface area contributed by atoms with Crippen LogP contribution in [0.25, 0.3) is 22.7 Å². The highest BCUT2D eigenvalue weighted by atomic mass is 16.5. The molecule has 5 rings (SSSR count). The quantitative estimate of drug-likeness (QED) is 0.425. The Morgan fingerprint density at radius 3 is 2.79 bits per heavy atom. The summed E-state index contributed by atoms with van der Waals surface area (Å²) in [5.74, 6) is 3.28. The molecule has 3 aromatic heterocycles. The number of ether oxygens (including phenoxy) is 1. The third-order valence-corrected chi connectivity index (χ3v) is 5.44. The van der Waals surface area contributed by atoms with E-state index in [1.807, 2.05) is 18.2 Å². The maximum Gasteiger partial charge on any atom is 0.266 e. The summed E-state index contributed by atoms with van der Waals surface area (Å²) in [6, 6.07) is 9.23. The van der Waals surface area contributed by atoms with E-state index >= 15 is 0 Å². The average Bonchev–Trinajstić information content (AvgIpc) is 3.43. The van der Waals surface area contributed by atoms with E-state index in [4.69, 9.17) is 13.6 Å². The molecule has 1 aromatic carbocycles. The SMILES string of the molecule is c1cc(Oc2ccc3nc(CCC4CCCCC4)oc3c2)cc(-c2nnco2)n1. The van der Waals surface area contributed by atoms with E-state index in [-0.39, 0.29) is 0 Å². The van der Waals surface area contributed by atoms with Crippen molar-refractivity contribution < 1.29 is 13.6 Å². The van der Waals surface area contributed by atoms with Gasteiger partial charge in [0, 0.05) is 24.8 Å². The number of benzene rings is 1. The van der Waals surface area contributed by atoms with Crippen LogP contribution in [0.4, 0.5) is 0 Å². The van der Waals surface area contributed by atoms with Gasteiger partial charge in [0.25, 0.3) is 5.89 Å². The molecule has 148 valence electrons. The monoisotopic (exact) mass is 390 g/mol. The van der Waals surface area contributed by atoms with E-state index in [0.717, 1.165) is 35.7 Å². The molecule has 0 amide bonds. The van der Waals surface area contributed by atoms with Crippen molar-refractivity contribution in [2.24, 2.45) is 5.92 Å². The maximum absolute atomic E-state index is 5.98. The molecule has 1 aliphatic carbocycles. The highest BCUT2D eigenvalue weighted by Crippen LogP contribution is 2.30. The molecule has 0 atom stereocenters. The Hall–Kier alpha value is -3.22. The fraction of sp³-hybridized carbons (Fsp3) is 0.364. The van der Waals surface area contributed by atoms with Crippen molar-refractivity contribution in [1.29, 1.82) is 0 Å². The second kappa shape index (κ2) is 8.03. The Labute approximate surface area is 168 Å². The first-order valence-electron chi connectivity index (χ1n) is 10.1. The third-order valence-electron chi connectivity index (χ3n) is 5.44. The first-order chi connectivity index (χ1) is 14.3. The molecule has 3 heterocycles. The minimum Gasteiger partial charge on any atom is -0.457 e. The van der Waals surface area contributed by atoms with E-state index in [9.17, 15) is 0 Å². The second-order valence-corrected chi connectivity index (χ2v) is 7.50. The lowest BCUT2D eigenvalue weighted by atomic mass is 9.86. The fourth-order valence-corrected chi connectivity index (χ4v) is 3.94. The van der Waals surface area contributed by atoms with Crippen molar-refractivity contribution in [3.63, 3.8) is 0 Å². The Morgan fingerprint density at radius 1 is 1.03 bits per heavy atom. The highest BCUT2D eigenvalue weighted by molar-refractivity contribution is 5.74. The lowest BCUT2D eigenvalue weighted by Crippen LogP contribution is -2.07. The van der Waals surface area contributed by atoms with Crippen molar-refractivity contribution >= 4 is 11.1 Å².